The van der Waals surface area contributed by atoms with Crippen LogP contribution in [0.25, 0.3) is 0 Å². The molecule has 0 aromatic carbocycles. The summed E-state index contributed by atoms with van der Waals surface area (Å²) in [4.78, 5) is 38.3. The molecule has 0 aliphatic carbocycles. The largest absolute Gasteiger partial charge is 0.462 e. The smallest absolute Gasteiger partial charge is 0.306 e. The SMILES string of the molecule is CC/C=C\C/C=C\C/C=C\C/C=C\C/C=C\CCCCCCCCCCCCCCCC(=O)OCC(COC(=O)CCCCCCCCCCC)OC(=O)CCCCCCCCCCCCCCCCCCCCCCCCC. The summed E-state index contributed by atoms with van der Waals surface area (Å²) in [6.07, 6.45) is 86.9. The third-order valence-electron chi connectivity index (χ3n) is 15.5. The highest BCUT2D eigenvalue weighted by atomic mass is 16.6. The summed E-state index contributed by atoms with van der Waals surface area (Å²) in [7, 11) is 0. The Morgan fingerprint density at radius 3 is 0.772 bits per heavy atom. The molecule has 0 aliphatic heterocycles. The number of esters is 3. The highest BCUT2D eigenvalue weighted by molar-refractivity contribution is 5.71. The van der Waals surface area contributed by atoms with E-state index in [9.17, 15) is 14.4 Å². The molecule has 0 saturated heterocycles. The fourth-order valence-corrected chi connectivity index (χ4v) is 10.4. The van der Waals surface area contributed by atoms with Crippen LogP contribution in [0.4, 0.5) is 0 Å². The van der Waals surface area contributed by atoms with Crippen LogP contribution in [0.3, 0.4) is 0 Å². The Bertz CT molecular complexity index is 1410. The molecule has 0 heterocycles. The lowest BCUT2D eigenvalue weighted by Gasteiger charge is -2.18. The Labute approximate surface area is 491 Å². The second-order valence-electron chi connectivity index (χ2n) is 23.4. The van der Waals surface area contributed by atoms with Gasteiger partial charge in [-0.25, -0.2) is 0 Å². The van der Waals surface area contributed by atoms with Gasteiger partial charge in [0.2, 0.25) is 0 Å². The Hall–Kier alpha value is -2.89. The summed E-state index contributed by atoms with van der Waals surface area (Å²) in [5.41, 5.74) is 0. The van der Waals surface area contributed by atoms with Crippen molar-refractivity contribution in [3.63, 3.8) is 0 Å². The average molecular weight is 1110 g/mol. The predicted molar refractivity (Wildman–Crippen MR) is 344 cm³/mol. The second-order valence-corrected chi connectivity index (χ2v) is 23.4. The van der Waals surface area contributed by atoms with Gasteiger partial charge in [-0.15, -0.1) is 0 Å². The Kier molecular flexibility index (Phi) is 65.1. The molecular weight excluding hydrogens is 973 g/mol. The van der Waals surface area contributed by atoms with Gasteiger partial charge in [0.15, 0.2) is 6.10 Å². The topological polar surface area (TPSA) is 78.9 Å². The highest BCUT2D eigenvalue weighted by Gasteiger charge is 2.19. The second kappa shape index (κ2) is 67.6. The van der Waals surface area contributed by atoms with E-state index in [-0.39, 0.29) is 31.1 Å². The van der Waals surface area contributed by atoms with Crippen molar-refractivity contribution >= 4 is 17.9 Å². The van der Waals surface area contributed by atoms with E-state index in [1.165, 1.54) is 238 Å². The molecular formula is C73H132O6. The molecule has 0 spiro atoms. The average Bonchev–Trinajstić information content (AvgIpc) is 3.45. The first kappa shape index (κ1) is 76.1. The highest BCUT2D eigenvalue weighted by Crippen LogP contribution is 2.18. The van der Waals surface area contributed by atoms with Gasteiger partial charge in [0.05, 0.1) is 0 Å². The molecule has 0 rings (SSSR count). The summed E-state index contributed by atoms with van der Waals surface area (Å²) in [5, 5.41) is 0. The molecule has 1 atom stereocenters. The molecule has 0 aliphatic rings. The molecule has 460 valence electrons. The summed E-state index contributed by atoms with van der Waals surface area (Å²) < 4.78 is 16.9. The van der Waals surface area contributed by atoms with Crippen LogP contribution in [0.15, 0.2) is 60.8 Å². The van der Waals surface area contributed by atoms with Crippen molar-refractivity contribution in [1.29, 1.82) is 0 Å². The van der Waals surface area contributed by atoms with E-state index >= 15 is 0 Å². The summed E-state index contributed by atoms with van der Waals surface area (Å²) in [6, 6.07) is 0. The Morgan fingerprint density at radius 2 is 0.494 bits per heavy atom. The number of carbonyl (C=O) groups is 3. The molecule has 0 radical (unpaired) electrons. The van der Waals surface area contributed by atoms with Crippen molar-refractivity contribution in [3.05, 3.63) is 60.8 Å². The maximum atomic E-state index is 12.9. The summed E-state index contributed by atoms with van der Waals surface area (Å²) >= 11 is 0. The molecule has 1 unspecified atom stereocenters. The van der Waals surface area contributed by atoms with E-state index in [1.807, 2.05) is 0 Å². The van der Waals surface area contributed by atoms with Crippen molar-refractivity contribution in [1.82, 2.24) is 0 Å². The van der Waals surface area contributed by atoms with E-state index in [0.29, 0.717) is 19.3 Å². The fourth-order valence-electron chi connectivity index (χ4n) is 10.4. The van der Waals surface area contributed by atoms with Crippen LogP contribution >= 0.6 is 0 Å². The molecule has 0 N–H and O–H groups in total. The zero-order chi connectivity index (χ0) is 57.1. The number of hydrogen-bond donors (Lipinski definition) is 0. The van der Waals surface area contributed by atoms with Crippen molar-refractivity contribution in [2.45, 2.75) is 374 Å². The minimum Gasteiger partial charge on any atom is -0.462 e. The van der Waals surface area contributed by atoms with Gasteiger partial charge in [0, 0.05) is 19.3 Å². The molecule has 0 fully saturated rings. The molecule has 0 saturated carbocycles. The number of rotatable bonds is 64. The zero-order valence-corrected chi connectivity index (χ0v) is 52.9. The van der Waals surface area contributed by atoms with Gasteiger partial charge in [0.25, 0.3) is 0 Å². The van der Waals surface area contributed by atoms with Crippen LogP contribution < -0.4 is 0 Å². The first-order valence-electron chi connectivity index (χ1n) is 34.8. The number of ether oxygens (including phenoxy) is 3. The quantitative estimate of drug-likeness (QED) is 0.0261. The Morgan fingerprint density at radius 1 is 0.266 bits per heavy atom. The van der Waals surface area contributed by atoms with E-state index in [1.54, 1.807) is 0 Å². The van der Waals surface area contributed by atoms with Gasteiger partial charge in [-0.2, -0.15) is 0 Å². The van der Waals surface area contributed by atoms with Crippen LogP contribution in [0.1, 0.15) is 367 Å². The van der Waals surface area contributed by atoms with Crippen molar-refractivity contribution in [2.75, 3.05) is 13.2 Å². The first-order chi connectivity index (χ1) is 39.0. The molecule has 0 aromatic heterocycles. The van der Waals surface area contributed by atoms with Crippen LogP contribution in [0.5, 0.6) is 0 Å². The van der Waals surface area contributed by atoms with Crippen molar-refractivity contribution in [2.24, 2.45) is 0 Å². The van der Waals surface area contributed by atoms with Gasteiger partial charge in [-0.3, -0.25) is 14.4 Å². The van der Waals surface area contributed by atoms with Crippen LogP contribution in [0.2, 0.25) is 0 Å². The molecule has 0 aromatic rings. The lowest BCUT2D eigenvalue weighted by atomic mass is 10.0. The monoisotopic (exact) mass is 1110 g/mol. The predicted octanol–water partition coefficient (Wildman–Crippen LogP) is 23.9. The van der Waals surface area contributed by atoms with Gasteiger partial charge >= 0.3 is 17.9 Å². The Balaban J connectivity index is 4.12. The number of hydrogen-bond acceptors (Lipinski definition) is 6. The van der Waals surface area contributed by atoms with Crippen molar-refractivity contribution < 1.29 is 28.6 Å². The maximum absolute atomic E-state index is 12.9. The zero-order valence-electron chi connectivity index (χ0n) is 52.9. The standard InChI is InChI=1S/C73H132O6/c1-4-7-10-13-16-19-21-23-25-27-29-31-33-34-35-36-37-38-40-41-43-45-47-49-51-54-57-60-63-66-72(75)78-69-70(68-77-71(74)65-62-59-56-53-18-15-12-9-6-3)79-73(76)67-64-61-58-55-52-50-48-46-44-42-39-32-30-28-26-24-22-20-17-14-11-8-5-2/h7,10,16,19,23,25,29,31,34-35,70H,4-6,8-9,11-15,17-18,20-22,24,26-28,30,32-33,36-69H2,1-3H3/b10-7-,19-16-,25-23-,31-29-,35-34-. The lowest BCUT2D eigenvalue weighted by Crippen LogP contribution is -2.30. The third-order valence-corrected chi connectivity index (χ3v) is 15.5. The molecule has 0 bridgehead atoms. The summed E-state index contributed by atoms with van der Waals surface area (Å²) in [5.74, 6) is -0.848. The molecule has 0 amide bonds. The van der Waals surface area contributed by atoms with Gasteiger partial charge in [-0.05, 0) is 64.2 Å². The van der Waals surface area contributed by atoms with Crippen LogP contribution in [-0.4, -0.2) is 37.2 Å². The maximum Gasteiger partial charge on any atom is 0.306 e. The van der Waals surface area contributed by atoms with Crippen LogP contribution in [-0.2, 0) is 28.6 Å². The number of unbranched alkanes of at least 4 members (excludes halogenated alkanes) is 43. The van der Waals surface area contributed by atoms with Gasteiger partial charge < -0.3 is 14.2 Å². The normalized spacial score (nSPS) is 12.4. The number of allylic oxidation sites excluding steroid dienone is 10. The van der Waals surface area contributed by atoms with Gasteiger partial charge in [0.1, 0.15) is 13.2 Å². The lowest BCUT2D eigenvalue weighted by molar-refractivity contribution is -0.167. The van der Waals surface area contributed by atoms with Crippen molar-refractivity contribution in [3.8, 4) is 0 Å². The third kappa shape index (κ3) is 65.8. The minimum atomic E-state index is -0.770. The minimum absolute atomic E-state index is 0.0683. The van der Waals surface area contributed by atoms with Gasteiger partial charge in [-0.1, -0.05) is 345 Å². The van der Waals surface area contributed by atoms with Crippen LogP contribution in [0, 0.1) is 0 Å². The molecule has 79 heavy (non-hydrogen) atoms. The first-order valence-corrected chi connectivity index (χ1v) is 34.8. The molecule has 6 nitrogen and oxygen atoms in total. The summed E-state index contributed by atoms with van der Waals surface area (Å²) in [6.45, 7) is 6.57. The molecule has 6 heteroatoms. The fraction of sp³-hybridized carbons (Fsp3) is 0.822. The van der Waals surface area contributed by atoms with E-state index < -0.39 is 6.10 Å². The van der Waals surface area contributed by atoms with E-state index in [2.05, 4.69) is 81.5 Å². The number of carbonyl (C=O) groups excluding carboxylic acids is 3. The van der Waals surface area contributed by atoms with E-state index in [0.717, 1.165) is 89.9 Å². The van der Waals surface area contributed by atoms with E-state index in [4.69, 9.17) is 14.2 Å².